The molecule has 478 valence electrons. The molecule has 23 rings (SSSR count). The number of para-hydroxylation sites is 10. The van der Waals surface area contributed by atoms with E-state index in [1.54, 1.807) is 0 Å². The molecule has 0 N–H and O–H groups in total. The molecule has 0 fully saturated rings. The van der Waals surface area contributed by atoms with Crippen molar-refractivity contribution in [2.24, 2.45) is 0 Å². The van der Waals surface area contributed by atoms with Gasteiger partial charge in [0.2, 0.25) is 0 Å². The van der Waals surface area contributed by atoms with Crippen LogP contribution < -0.4 is 0 Å². The maximum Gasteiger partial charge on any atom is 0.0725 e. The van der Waals surface area contributed by atoms with Crippen LogP contribution in [0.1, 0.15) is 22.6 Å². The van der Waals surface area contributed by atoms with E-state index in [0.29, 0.717) is 0 Å². The molecule has 103 heavy (non-hydrogen) atoms. The zero-order valence-electron chi connectivity index (χ0n) is 55.8. The zero-order valence-corrected chi connectivity index (χ0v) is 55.8. The van der Waals surface area contributed by atoms with E-state index < -0.39 is 0 Å². The molecule has 6 aromatic heterocycles. The van der Waals surface area contributed by atoms with E-state index in [1.807, 2.05) is 0 Å². The van der Waals surface area contributed by atoms with Gasteiger partial charge in [-0.2, -0.15) is 0 Å². The summed E-state index contributed by atoms with van der Waals surface area (Å²) in [6.07, 6.45) is 0. The SMILES string of the molecule is c1ccc(-n2c3ccc(C4c5ccccc5-c5cc(-c6ccc7c(c6)c6ccccc6n7-c6cc(-n7c8ccccc8c8ccccc87)c(-n7c8ccccc8c8ccccc87)cc6-n6c7ccccc7c7ccccc76)ccc54)cc3c3cc(-n4c5ccccc5c5ccccc54)ccc32)cc1. The number of hydrogen-bond acceptors (Lipinski definition) is 0. The Labute approximate surface area is 591 Å². The van der Waals surface area contributed by atoms with E-state index in [4.69, 9.17) is 0 Å². The summed E-state index contributed by atoms with van der Waals surface area (Å²) in [5.41, 5.74) is 29.3. The average Bonchev–Trinajstić information content (AvgIpc) is 1.57. The lowest BCUT2D eigenvalue weighted by atomic mass is 9.88. The summed E-state index contributed by atoms with van der Waals surface area (Å²) >= 11 is 0. The van der Waals surface area contributed by atoms with Gasteiger partial charge in [-0.05, 0) is 166 Å². The topological polar surface area (TPSA) is 29.6 Å². The molecular formula is C97H60N6. The Balaban J connectivity index is 0.728. The summed E-state index contributed by atoms with van der Waals surface area (Å²) in [6, 6.07) is 134. The van der Waals surface area contributed by atoms with Gasteiger partial charge in [0.1, 0.15) is 0 Å². The number of fused-ring (bicyclic) bond motifs is 21. The Morgan fingerprint density at radius 2 is 0.466 bits per heavy atom. The third kappa shape index (κ3) is 7.92. The van der Waals surface area contributed by atoms with Gasteiger partial charge in [0, 0.05) is 81.9 Å². The summed E-state index contributed by atoms with van der Waals surface area (Å²) < 4.78 is 15.0. The quantitative estimate of drug-likeness (QED) is 0.145. The molecule has 1 aliphatic carbocycles. The van der Waals surface area contributed by atoms with E-state index in [-0.39, 0.29) is 5.92 Å². The summed E-state index contributed by atoms with van der Waals surface area (Å²) in [6.45, 7) is 0. The van der Waals surface area contributed by atoms with Gasteiger partial charge in [-0.3, -0.25) is 0 Å². The van der Waals surface area contributed by atoms with E-state index >= 15 is 0 Å². The van der Waals surface area contributed by atoms with Gasteiger partial charge in [-0.15, -0.1) is 0 Å². The fourth-order valence-corrected chi connectivity index (χ4v) is 18.4. The predicted molar refractivity (Wildman–Crippen MR) is 431 cm³/mol. The summed E-state index contributed by atoms with van der Waals surface area (Å²) in [4.78, 5) is 0. The fourth-order valence-electron chi connectivity index (χ4n) is 18.4. The highest BCUT2D eigenvalue weighted by atomic mass is 15.1. The average molecular weight is 1310 g/mol. The zero-order chi connectivity index (χ0) is 67.1. The lowest BCUT2D eigenvalue weighted by molar-refractivity contribution is 1.02. The lowest BCUT2D eigenvalue weighted by Crippen LogP contribution is -2.10. The van der Waals surface area contributed by atoms with Crippen molar-refractivity contribution in [2.75, 3.05) is 0 Å². The number of aromatic nitrogens is 6. The van der Waals surface area contributed by atoms with E-state index in [2.05, 4.69) is 385 Å². The van der Waals surface area contributed by atoms with Crippen LogP contribution in [0.3, 0.4) is 0 Å². The second-order valence-corrected chi connectivity index (χ2v) is 27.9. The second kappa shape index (κ2) is 21.4. The number of benzene rings is 16. The first-order valence-corrected chi connectivity index (χ1v) is 35.7. The first-order valence-electron chi connectivity index (χ1n) is 35.7. The largest absolute Gasteiger partial charge is 0.309 e. The van der Waals surface area contributed by atoms with E-state index in [1.165, 1.54) is 126 Å². The molecular weight excluding hydrogens is 1250 g/mol. The van der Waals surface area contributed by atoms with Gasteiger partial charge >= 0.3 is 0 Å². The van der Waals surface area contributed by atoms with Crippen molar-refractivity contribution in [1.29, 1.82) is 0 Å². The molecule has 0 aliphatic heterocycles. The Morgan fingerprint density at radius 1 is 0.165 bits per heavy atom. The van der Waals surface area contributed by atoms with Crippen molar-refractivity contribution in [1.82, 2.24) is 27.4 Å². The Kier molecular flexibility index (Phi) is 11.7. The standard InChI is InChI=1S/C97H60N6/c1-2-24-63(25-3-1)98-90-52-48-62(56-79(90)80-57-64(49-53-91(80)98)99-81-37-15-6-27-66(81)67-28-7-16-38-82(67)99)97-75-36-5-4-26-65(75)77-54-60(46-50-76(77)97)61-47-51-92-78(55-61)74-35-14-23-45-89(74)103(92)96-59-94(101-85-41-19-10-31-70(85)71-32-11-20-42-86(71)101)93(100-83-39-17-8-29-68(83)69-30-9-18-40-84(69)100)58-95(96)102-87-43-21-12-33-72(87)73-34-13-22-44-88(73)102/h1-59,97H. The van der Waals surface area contributed by atoms with Crippen molar-refractivity contribution in [3.8, 4) is 56.4 Å². The number of hydrogen-bond donors (Lipinski definition) is 0. The van der Waals surface area contributed by atoms with Gasteiger partial charge in [-0.25, -0.2) is 0 Å². The molecule has 0 amide bonds. The minimum Gasteiger partial charge on any atom is -0.309 e. The molecule has 1 unspecified atom stereocenters. The molecule has 1 atom stereocenters. The van der Waals surface area contributed by atoms with Crippen LogP contribution in [-0.2, 0) is 0 Å². The van der Waals surface area contributed by atoms with Crippen molar-refractivity contribution in [3.05, 3.63) is 375 Å². The van der Waals surface area contributed by atoms with Crippen LogP contribution in [0.15, 0.2) is 358 Å². The molecule has 1 aliphatic rings. The summed E-state index contributed by atoms with van der Waals surface area (Å²) in [5, 5.41) is 14.6. The highest BCUT2D eigenvalue weighted by Crippen LogP contribution is 2.52. The lowest BCUT2D eigenvalue weighted by Gasteiger charge is -2.23. The van der Waals surface area contributed by atoms with Crippen molar-refractivity contribution in [2.45, 2.75) is 5.92 Å². The van der Waals surface area contributed by atoms with Gasteiger partial charge in [0.25, 0.3) is 0 Å². The molecule has 6 heteroatoms. The first kappa shape index (κ1) is 56.2. The maximum absolute atomic E-state index is 2.56. The fraction of sp³-hybridized carbons (Fsp3) is 0.0103. The highest BCUT2D eigenvalue weighted by Gasteiger charge is 2.32. The monoisotopic (exact) mass is 1310 g/mol. The van der Waals surface area contributed by atoms with Gasteiger partial charge in [0.15, 0.2) is 0 Å². The van der Waals surface area contributed by atoms with E-state index in [9.17, 15) is 0 Å². The van der Waals surface area contributed by atoms with Gasteiger partial charge < -0.3 is 27.4 Å². The third-order valence-electron chi connectivity index (χ3n) is 22.7. The van der Waals surface area contributed by atoms with Crippen LogP contribution in [0.5, 0.6) is 0 Å². The van der Waals surface area contributed by atoms with Crippen LogP contribution in [0.2, 0.25) is 0 Å². The minimum atomic E-state index is 0.0261. The Bertz CT molecular complexity index is 7170. The first-order chi connectivity index (χ1) is 51.1. The molecule has 0 bridgehead atoms. The van der Waals surface area contributed by atoms with E-state index in [0.717, 1.165) is 78.3 Å². The number of nitrogens with zero attached hydrogens (tertiary/aromatic N) is 6. The summed E-state index contributed by atoms with van der Waals surface area (Å²) in [5.74, 6) is 0.0261. The molecule has 6 nitrogen and oxygen atoms in total. The molecule has 0 radical (unpaired) electrons. The summed E-state index contributed by atoms with van der Waals surface area (Å²) in [7, 11) is 0. The van der Waals surface area contributed by atoms with Crippen LogP contribution in [0, 0.1) is 0 Å². The van der Waals surface area contributed by atoms with Crippen molar-refractivity contribution in [3.63, 3.8) is 0 Å². The van der Waals surface area contributed by atoms with Gasteiger partial charge in [-0.1, -0.05) is 231 Å². The molecule has 16 aromatic carbocycles. The third-order valence-corrected chi connectivity index (χ3v) is 22.7. The maximum atomic E-state index is 2.56. The smallest absolute Gasteiger partial charge is 0.0725 e. The van der Waals surface area contributed by atoms with Crippen LogP contribution in [0.25, 0.3) is 187 Å². The van der Waals surface area contributed by atoms with Crippen LogP contribution in [0.4, 0.5) is 0 Å². The van der Waals surface area contributed by atoms with Crippen molar-refractivity contribution >= 4 is 131 Å². The molecule has 0 spiro atoms. The molecule has 6 heterocycles. The van der Waals surface area contributed by atoms with Crippen molar-refractivity contribution < 1.29 is 0 Å². The molecule has 0 saturated heterocycles. The predicted octanol–water partition coefficient (Wildman–Crippen LogP) is 25.1. The normalized spacial score (nSPS) is 13.1. The Hall–Kier alpha value is -13.7. The molecule has 0 saturated carbocycles. The second-order valence-electron chi connectivity index (χ2n) is 27.9. The van der Waals surface area contributed by atoms with Crippen LogP contribution >= 0.6 is 0 Å². The highest BCUT2D eigenvalue weighted by molar-refractivity contribution is 6.17. The van der Waals surface area contributed by atoms with Crippen LogP contribution in [-0.4, -0.2) is 27.4 Å². The molecule has 22 aromatic rings. The Morgan fingerprint density at radius 3 is 0.922 bits per heavy atom. The number of rotatable bonds is 8. The van der Waals surface area contributed by atoms with Gasteiger partial charge in [0.05, 0.1) is 88.9 Å². The minimum absolute atomic E-state index is 0.0261.